The minimum Gasteiger partial charge on any atom is -0.508 e. The van der Waals surface area contributed by atoms with Gasteiger partial charge in [0.25, 0.3) is 0 Å². The predicted octanol–water partition coefficient (Wildman–Crippen LogP) is 3.39. The molecule has 0 saturated heterocycles. The lowest BCUT2D eigenvalue weighted by Crippen LogP contribution is -2.24. The third-order valence-electron chi connectivity index (χ3n) is 3.33. The third-order valence-corrected chi connectivity index (χ3v) is 3.33. The maximum absolute atomic E-state index is 9.34. The highest BCUT2D eigenvalue weighted by atomic mass is 16.3. The summed E-state index contributed by atoms with van der Waals surface area (Å²) in [5, 5.41) is 9.34. The largest absolute Gasteiger partial charge is 0.508 e. The van der Waals surface area contributed by atoms with Gasteiger partial charge in [-0.25, -0.2) is 0 Å². The van der Waals surface area contributed by atoms with Crippen LogP contribution in [0.1, 0.15) is 24.5 Å². The molecule has 0 spiro atoms. The van der Waals surface area contributed by atoms with Gasteiger partial charge in [-0.15, -0.1) is 0 Å². The average Bonchev–Trinajstić information content (AvgIpc) is 2.44. The van der Waals surface area contributed by atoms with Crippen LogP contribution < -0.4 is 5.73 Å². The Kier molecular flexibility index (Phi) is 5.02. The van der Waals surface area contributed by atoms with Crippen LogP contribution in [0.2, 0.25) is 0 Å². The fraction of sp³-hybridized carbons (Fsp3) is 0.294. The van der Waals surface area contributed by atoms with Crippen LogP contribution in [0.15, 0.2) is 48.5 Å². The first-order chi connectivity index (χ1) is 9.69. The Morgan fingerprint density at radius 2 is 1.70 bits per heavy atom. The number of phenolic OH excluding ortho intramolecular Hbond substituents is 1. The van der Waals surface area contributed by atoms with E-state index in [1.165, 1.54) is 11.1 Å². The summed E-state index contributed by atoms with van der Waals surface area (Å²) < 4.78 is 0. The minimum absolute atomic E-state index is 0.308. The smallest absolute Gasteiger partial charge is 0.115 e. The molecule has 0 fully saturated rings. The van der Waals surface area contributed by atoms with E-state index in [0.29, 0.717) is 5.75 Å². The molecule has 3 nitrogen and oxygen atoms in total. The summed E-state index contributed by atoms with van der Waals surface area (Å²) in [7, 11) is 0. The summed E-state index contributed by atoms with van der Waals surface area (Å²) >= 11 is 0. The van der Waals surface area contributed by atoms with Crippen molar-refractivity contribution in [1.29, 1.82) is 0 Å². The molecule has 2 rings (SSSR count). The van der Waals surface area contributed by atoms with E-state index in [4.69, 9.17) is 5.73 Å². The number of hydrogen-bond acceptors (Lipinski definition) is 3. The van der Waals surface area contributed by atoms with Crippen molar-refractivity contribution in [3.05, 3.63) is 59.7 Å². The first-order valence-corrected chi connectivity index (χ1v) is 7.02. The Bertz CT molecular complexity index is 537. The quantitative estimate of drug-likeness (QED) is 0.791. The number of nitrogen functional groups attached to an aromatic ring is 1. The molecule has 3 N–H and O–H groups in total. The van der Waals surface area contributed by atoms with Gasteiger partial charge in [0.05, 0.1) is 0 Å². The summed E-state index contributed by atoms with van der Waals surface area (Å²) in [4.78, 5) is 2.37. The molecule has 0 aromatic heterocycles. The van der Waals surface area contributed by atoms with Crippen LogP contribution in [-0.4, -0.2) is 16.6 Å². The van der Waals surface area contributed by atoms with Crippen LogP contribution in [-0.2, 0) is 13.1 Å². The Morgan fingerprint density at radius 1 is 1.00 bits per heavy atom. The summed E-state index contributed by atoms with van der Waals surface area (Å²) in [5.74, 6) is 0.308. The second kappa shape index (κ2) is 6.96. The summed E-state index contributed by atoms with van der Waals surface area (Å²) in [6.45, 7) is 4.91. The number of hydrogen-bond donors (Lipinski definition) is 2. The van der Waals surface area contributed by atoms with Crippen molar-refractivity contribution in [3.63, 3.8) is 0 Å². The maximum Gasteiger partial charge on any atom is 0.115 e. The maximum atomic E-state index is 9.34. The molecule has 0 atom stereocenters. The van der Waals surface area contributed by atoms with Crippen LogP contribution in [0.4, 0.5) is 5.69 Å². The molecule has 0 radical (unpaired) electrons. The molecule has 0 saturated carbocycles. The van der Waals surface area contributed by atoms with E-state index < -0.39 is 0 Å². The molecule has 0 aliphatic rings. The monoisotopic (exact) mass is 270 g/mol. The highest BCUT2D eigenvalue weighted by Crippen LogP contribution is 2.17. The fourth-order valence-electron chi connectivity index (χ4n) is 2.31. The molecule has 3 heteroatoms. The van der Waals surface area contributed by atoms with E-state index in [2.05, 4.69) is 17.9 Å². The van der Waals surface area contributed by atoms with Crippen LogP contribution in [0.25, 0.3) is 0 Å². The van der Waals surface area contributed by atoms with Gasteiger partial charge < -0.3 is 10.8 Å². The van der Waals surface area contributed by atoms with Crippen LogP contribution >= 0.6 is 0 Å². The van der Waals surface area contributed by atoms with Crippen molar-refractivity contribution in [1.82, 2.24) is 4.90 Å². The zero-order chi connectivity index (χ0) is 14.4. The van der Waals surface area contributed by atoms with Crippen molar-refractivity contribution in [3.8, 4) is 5.75 Å². The van der Waals surface area contributed by atoms with E-state index in [1.54, 1.807) is 12.1 Å². The Labute approximate surface area is 120 Å². The number of nitrogens with two attached hydrogens (primary N) is 1. The molecule has 0 amide bonds. The molecule has 2 aromatic carbocycles. The van der Waals surface area contributed by atoms with Gasteiger partial charge in [0.2, 0.25) is 0 Å². The van der Waals surface area contributed by atoms with E-state index >= 15 is 0 Å². The lowest BCUT2D eigenvalue weighted by molar-refractivity contribution is 0.257. The highest BCUT2D eigenvalue weighted by Gasteiger charge is 2.08. The number of aromatic hydroxyl groups is 1. The number of para-hydroxylation sites is 1. The van der Waals surface area contributed by atoms with E-state index in [-0.39, 0.29) is 0 Å². The predicted molar refractivity (Wildman–Crippen MR) is 83.4 cm³/mol. The number of phenols is 1. The lowest BCUT2D eigenvalue weighted by atomic mass is 10.1. The fourth-order valence-corrected chi connectivity index (χ4v) is 2.31. The van der Waals surface area contributed by atoms with Gasteiger partial charge in [-0.1, -0.05) is 37.3 Å². The number of rotatable bonds is 6. The van der Waals surface area contributed by atoms with Gasteiger partial charge in [-0.2, -0.15) is 0 Å². The first-order valence-electron chi connectivity index (χ1n) is 7.02. The van der Waals surface area contributed by atoms with E-state index in [9.17, 15) is 5.11 Å². The van der Waals surface area contributed by atoms with Crippen molar-refractivity contribution < 1.29 is 5.11 Å². The molecular formula is C17H22N2O. The third kappa shape index (κ3) is 4.00. The van der Waals surface area contributed by atoms with Crippen molar-refractivity contribution in [2.45, 2.75) is 26.4 Å². The highest BCUT2D eigenvalue weighted by molar-refractivity contribution is 5.46. The van der Waals surface area contributed by atoms with Gasteiger partial charge in [-0.3, -0.25) is 4.90 Å². The normalized spacial score (nSPS) is 10.9. The lowest BCUT2D eigenvalue weighted by Gasteiger charge is -2.22. The molecule has 0 aliphatic heterocycles. The molecule has 2 aromatic rings. The van der Waals surface area contributed by atoms with Crippen molar-refractivity contribution in [2.75, 3.05) is 12.3 Å². The summed E-state index contributed by atoms with van der Waals surface area (Å²) in [6.07, 6.45) is 1.10. The molecule has 0 unspecified atom stereocenters. The zero-order valence-electron chi connectivity index (χ0n) is 11.9. The minimum atomic E-state index is 0.308. The Morgan fingerprint density at radius 3 is 2.35 bits per heavy atom. The van der Waals surface area contributed by atoms with E-state index in [0.717, 1.165) is 31.7 Å². The standard InChI is InChI=1S/C17H22N2O/c1-2-11-19(12-14-7-9-16(20)10-8-14)13-15-5-3-4-6-17(15)18/h3-10,20H,2,11-13,18H2,1H3. The zero-order valence-corrected chi connectivity index (χ0v) is 11.9. The summed E-state index contributed by atoms with van der Waals surface area (Å²) in [5.41, 5.74) is 9.23. The molecule has 106 valence electrons. The van der Waals surface area contributed by atoms with E-state index in [1.807, 2.05) is 30.3 Å². The molecule has 0 bridgehead atoms. The Hall–Kier alpha value is -2.00. The Balaban J connectivity index is 2.07. The van der Waals surface area contributed by atoms with Gasteiger partial charge >= 0.3 is 0 Å². The molecule has 0 heterocycles. The second-order valence-corrected chi connectivity index (χ2v) is 5.08. The summed E-state index contributed by atoms with van der Waals surface area (Å²) in [6, 6.07) is 15.4. The number of benzene rings is 2. The molecule has 0 aliphatic carbocycles. The molecular weight excluding hydrogens is 248 g/mol. The molecule has 20 heavy (non-hydrogen) atoms. The van der Waals surface area contributed by atoms with Gasteiger partial charge in [0, 0.05) is 18.8 Å². The van der Waals surface area contributed by atoms with Crippen LogP contribution in [0, 0.1) is 0 Å². The van der Waals surface area contributed by atoms with Crippen molar-refractivity contribution in [2.24, 2.45) is 0 Å². The number of anilines is 1. The SMILES string of the molecule is CCCN(Cc1ccc(O)cc1)Cc1ccccc1N. The van der Waals surface area contributed by atoms with Crippen LogP contribution in [0.5, 0.6) is 5.75 Å². The van der Waals surface area contributed by atoms with Crippen LogP contribution in [0.3, 0.4) is 0 Å². The van der Waals surface area contributed by atoms with Gasteiger partial charge in [0.1, 0.15) is 5.75 Å². The topological polar surface area (TPSA) is 49.5 Å². The van der Waals surface area contributed by atoms with Crippen molar-refractivity contribution >= 4 is 5.69 Å². The number of nitrogens with zero attached hydrogens (tertiary/aromatic N) is 1. The van der Waals surface area contributed by atoms with Gasteiger partial charge in [0.15, 0.2) is 0 Å². The average molecular weight is 270 g/mol. The first kappa shape index (κ1) is 14.4. The van der Waals surface area contributed by atoms with Gasteiger partial charge in [-0.05, 0) is 42.3 Å². The second-order valence-electron chi connectivity index (χ2n) is 5.08.